The number of anilines is 2. The molecule has 4 amide bonds. The summed E-state index contributed by atoms with van der Waals surface area (Å²) in [7, 11) is 1.55. The van der Waals surface area contributed by atoms with Gasteiger partial charge in [-0.25, -0.2) is 9.69 Å². The molecule has 0 atom stereocenters. The summed E-state index contributed by atoms with van der Waals surface area (Å²) in [6.45, 7) is 3.80. The predicted octanol–water partition coefficient (Wildman–Crippen LogP) is 3.27. The van der Waals surface area contributed by atoms with Crippen molar-refractivity contribution in [1.29, 1.82) is 0 Å². The highest BCUT2D eigenvalue weighted by atomic mass is 16.5. The van der Waals surface area contributed by atoms with Crippen LogP contribution in [0.4, 0.5) is 16.2 Å². The van der Waals surface area contributed by atoms with E-state index in [9.17, 15) is 14.4 Å². The van der Waals surface area contributed by atoms with E-state index in [0.717, 1.165) is 42.1 Å². The second-order valence-electron chi connectivity index (χ2n) is 7.36. The lowest BCUT2D eigenvalue weighted by Crippen LogP contribution is -2.54. The zero-order valence-corrected chi connectivity index (χ0v) is 17.0. The van der Waals surface area contributed by atoms with Crippen molar-refractivity contribution >= 4 is 35.3 Å². The summed E-state index contributed by atoms with van der Waals surface area (Å²) in [5.41, 5.74) is 2.71. The monoisotopic (exact) mass is 405 g/mol. The van der Waals surface area contributed by atoms with Gasteiger partial charge in [0, 0.05) is 30.4 Å². The summed E-state index contributed by atoms with van der Waals surface area (Å²) < 4.78 is 5.51. The van der Waals surface area contributed by atoms with Crippen molar-refractivity contribution < 1.29 is 19.1 Å². The van der Waals surface area contributed by atoms with Crippen LogP contribution in [0, 0.1) is 6.92 Å². The molecule has 154 valence electrons. The molecule has 0 saturated carbocycles. The first-order valence-corrected chi connectivity index (χ1v) is 9.89. The van der Waals surface area contributed by atoms with Crippen molar-refractivity contribution in [2.24, 2.45) is 0 Å². The van der Waals surface area contributed by atoms with Crippen LogP contribution in [0.5, 0.6) is 5.75 Å². The highest BCUT2D eigenvalue weighted by Crippen LogP contribution is 2.31. The first kappa shape index (κ1) is 19.7. The Morgan fingerprint density at radius 2 is 1.77 bits per heavy atom. The number of ether oxygens (including phenoxy) is 1. The van der Waals surface area contributed by atoms with E-state index in [4.69, 9.17) is 4.74 Å². The maximum Gasteiger partial charge on any atom is 0.335 e. The van der Waals surface area contributed by atoms with Gasteiger partial charge in [-0.1, -0.05) is 18.2 Å². The normalized spacial score (nSPS) is 18.2. The van der Waals surface area contributed by atoms with Gasteiger partial charge in [0.2, 0.25) is 0 Å². The lowest BCUT2D eigenvalue weighted by atomic mass is 10.0. The van der Waals surface area contributed by atoms with Crippen molar-refractivity contribution in [2.75, 3.05) is 30.0 Å². The van der Waals surface area contributed by atoms with E-state index in [-0.39, 0.29) is 5.57 Å². The number of barbiturate groups is 1. The molecule has 0 aliphatic carbocycles. The summed E-state index contributed by atoms with van der Waals surface area (Å²) >= 11 is 0. The van der Waals surface area contributed by atoms with Gasteiger partial charge in [-0.2, -0.15) is 0 Å². The molecule has 0 radical (unpaired) electrons. The van der Waals surface area contributed by atoms with Gasteiger partial charge in [0.1, 0.15) is 11.3 Å². The molecule has 0 unspecified atom stereocenters. The Morgan fingerprint density at radius 3 is 2.47 bits per heavy atom. The fraction of sp³-hybridized carbons (Fsp3) is 0.261. The molecule has 7 nitrogen and oxygen atoms in total. The first-order valence-electron chi connectivity index (χ1n) is 9.89. The standard InChI is InChI=1S/C23H23N3O4/c1-15-7-3-4-8-19(15)26-22(28)18(21(27)24-23(26)29)13-16-9-10-17(14-20(16)30-2)25-11-5-6-12-25/h3-4,7-10,13-14H,5-6,11-12H2,1-2H3,(H,24,27,29)/b18-13+. The predicted molar refractivity (Wildman–Crippen MR) is 115 cm³/mol. The van der Waals surface area contributed by atoms with Crippen LogP contribution in [0.25, 0.3) is 6.08 Å². The topological polar surface area (TPSA) is 79.0 Å². The van der Waals surface area contributed by atoms with Gasteiger partial charge in [-0.05, 0) is 49.6 Å². The van der Waals surface area contributed by atoms with Crippen LogP contribution in [0.15, 0.2) is 48.0 Å². The number of nitrogens with one attached hydrogen (secondary N) is 1. The zero-order valence-electron chi connectivity index (χ0n) is 17.0. The van der Waals surface area contributed by atoms with E-state index in [1.54, 1.807) is 32.2 Å². The van der Waals surface area contributed by atoms with Gasteiger partial charge in [-0.3, -0.25) is 14.9 Å². The van der Waals surface area contributed by atoms with Gasteiger partial charge < -0.3 is 9.64 Å². The molecule has 2 saturated heterocycles. The van der Waals surface area contributed by atoms with E-state index in [1.165, 1.54) is 6.08 Å². The Bertz CT molecular complexity index is 1050. The number of carbonyl (C=O) groups is 3. The van der Waals surface area contributed by atoms with E-state index >= 15 is 0 Å². The fourth-order valence-electron chi connectivity index (χ4n) is 3.84. The second kappa shape index (κ2) is 8.02. The first-order chi connectivity index (χ1) is 14.5. The highest BCUT2D eigenvalue weighted by Gasteiger charge is 2.37. The third-order valence-electron chi connectivity index (χ3n) is 5.45. The lowest BCUT2D eigenvalue weighted by Gasteiger charge is -2.27. The molecule has 0 aromatic heterocycles. The summed E-state index contributed by atoms with van der Waals surface area (Å²) in [5, 5.41) is 2.26. The van der Waals surface area contributed by atoms with Crippen LogP contribution < -0.4 is 19.9 Å². The third-order valence-corrected chi connectivity index (χ3v) is 5.45. The molecule has 2 aromatic rings. The van der Waals surface area contributed by atoms with Gasteiger partial charge in [0.15, 0.2) is 0 Å². The number of urea groups is 1. The van der Waals surface area contributed by atoms with Crippen molar-refractivity contribution in [3.8, 4) is 5.75 Å². The van der Waals surface area contributed by atoms with E-state index < -0.39 is 17.8 Å². The largest absolute Gasteiger partial charge is 0.496 e. The molecule has 2 aliphatic heterocycles. The number of rotatable bonds is 4. The number of benzene rings is 2. The average Bonchev–Trinajstić information content (AvgIpc) is 3.27. The maximum absolute atomic E-state index is 13.1. The van der Waals surface area contributed by atoms with Crippen LogP contribution in [0.1, 0.15) is 24.0 Å². The van der Waals surface area contributed by atoms with Crippen LogP contribution in [-0.4, -0.2) is 38.0 Å². The number of amides is 4. The average molecular weight is 405 g/mol. The molecular formula is C23H23N3O4. The molecule has 2 heterocycles. The molecular weight excluding hydrogens is 382 g/mol. The highest BCUT2D eigenvalue weighted by molar-refractivity contribution is 6.39. The van der Waals surface area contributed by atoms with Crippen molar-refractivity contribution in [3.63, 3.8) is 0 Å². The number of hydrogen-bond acceptors (Lipinski definition) is 5. The molecule has 4 rings (SSSR count). The number of nitrogens with zero attached hydrogens (tertiary/aromatic N) is 2. The molecule has 2 aliphatic rings. The second-order valence-corrected chi connectivity index (χ2v) is 7.36. The number of carbonyl (C=O) groups excluding carboxylic acids is 3. The summed E-state index contributed by atoms with van der Waals surface area (Å²) in [4.78, 5) is 41.2. The Kier molecular flexibility index (Phi) is 5.27. The summed E-state index contributed by atoms with van der Waals surface area (Å²) in [5.74, 6) is -0.823. The lowest BCUT2D eigenvalue weighted by molar-refractivity contribution is -0.122. The molecule has 2 aromatic carbocycles. The van der Waals surface area contributed by atoms with E-state index in [1.807, 2.05) is 24.3 Å². The number of hydrogen-bond donors (Lipinski definition) is 1. The number of para-hydroxylation sites is 1. The van der Waals surface area contributed by atoms with Crippen LogP contribution >= 0.6 is 0 Å². The Morgan fingerprint density at radius 1 is 1.03 bits per heavy atom. The molecule has 0 spiro atoms. The summed E-state index contributed by atoms with van der Waals surface area (Å²) in [6.07, 6.45) is 3.79. The van der Waals surface area contributed by atoms with Gasteiger partial charge in [0.05, 0.1) is 12.8 Å². The number of imide groups is 2. The van der Waals surface area contributed by atoms with Crippen molar-refractivity contribution in [2.45, 2.75) is 19.8 Å². The maximum atomic E-state index is 13.1. The van der Waals surface area contributed by atoms with Crippen molar-refractivity contribution in [1.82, 2.24) is 5.32 Å². The SMILES string of the molecule is COc1cc(N2CCCC2)ccc1/C=C1\C(=O)NC(=O)N(c2ccccc2C)C1=O. The van der Waals surface area contributed by atoms with Crippen LogP contribution in [0.2, 0.25) is 0 Å². The van der Waals surface area contributed by atoms with Crippen molar-refractivity contribution in [3.05, 3.63) is 59.2 Å². The quantitative estimate of drug-likeness (QED) is 0.624. The summed E-state index contributed by atoms with van der Waals surface area (Å²) in [6, 6.07) is 12.0. The Balaban J connectivity index is 1.71. The van der Waals surface area contributed by atoms with Gasteiger partial charge in [-0.15, -0.1) is 0 Å². The molecule has 0 bridgehead atoms. The number of aryl methyl sites for hydroxylation is 1. The zero-order chi connectivity index (χ0) is 21.3. The van der Waals surface area contributed by atoms with E-state index in [0.29, 0.717) is 17.0 Å². The minimum absolute atomic E-state index is 0.120. The van der Waals surface area contributed by atoms with Gasteiger partial charge in [0.25, 0.3) is 11.8 Å². The van der Waals surface area contributed by atoms with Gasteiger partial charge >= 0.3 is 6.03 Å². The van der Waals surface area contributed by atoms with E-state index in [2.05, 4.69) is 10.2 Å². The third kappa shape index (κ3) is 3.54. The Hall–Kier alpha value is -3.61. The minimum Gasteiger partial charge on any atom is -0.496 e. The molecule has 1 N–H and O–H groups in total. The number of methoxy groups -OCH3 is 1. The fourth-order valence-corrected chi connectivity index (χ4v) is 3.84. The smallest absolute Gasteiger partial charge is 0.335 e. The Labute approximate surface area is 174 Å². The molecule has 2 fully saturated rings. The molecule has 30 heavy (non-hydrogen) atoms. The molecule has 7 heteroatoms. The van der Waals surface area contributed by atoms with Crippen LogP contribution in [0.3, 0.4) is 0 Å². The van der Waals surface area contributed by atoms with Crippen LogP contribution in [-0.2, 0) is 9.59 Å². The minimum atomic E-state index is -0.757.